The number of imide groups is 1. The Hall–Kier alpha value is -2.66. The summed E-state index contributed by atoms with van der Waals surface area (Å²) in [5.74, 6) is -0.902. The number of nitrogens with one attached hydrogen (secondary N) is 1. The molecule has 0 saturated heterocycles. The molecule has 2 heterocycles. The number of hydrogen-bond acceptors (Lipinski definition) is 6. The molecular weight excluding hydrogens is 384 g/mol. The first-order valence-corrected chi connectivity index (χ1v) is 10.3. The molecule has 0 aromatic carbocycles. The number of rotatable bonds is 5. The molecule has 1 N–H and O–H groups in total. The van der Waals surface area contributed by atoms with Crippen LogP contribution in [0.3, 0.4) is 0 Å². The van der Waals surface area contributed by atoms with Gasteiger partial charge in [-0.1, -0.05) is 0 Å². The van der Waals surface area contributed by atoms with Crippen LogP contribution in [0.5, 0.6) is 0 Å². The van der Waals surface area contributed by atoms with Crippen molar-refractivity contribution in [1.82, 2.24) is 24.4 Å². The zero-order chi connectivity index (χ0) is 20.3. The lowest BCUT2D eigenvalue weighted by Crippen LogP contribution is -2.53. The van der Waals surface area contributed by atoms with E-state index >= 15 is 0 Å². The van der Waals surface area contributed by atoms with Gasteiger partial charge in [-0.15, -0.1) is 10.2 Å². The standard InChI is InChI=1S/C17H21N6O4S/c1-17(6-7-17)20-28(26,27)11-4-5-13-12(8-11)15(24)23(16(25)22(13)3)9-14-19-18-10-21(14)2/h4-5,8,10,12,20H,6-7,9H2,1-3H3/q+1. The van der Waals surface area contributed by atoms with E-state index in [1.165, 1.54) is 29.1 Å². The number of urea groups is 1. The van der Waals surface area contributed by atoms with Gasteiger partial charge in [-0.2, -0.15) is 14.3 Å². The molecule has 3 aliphatic rings. The van der Waals surface area contributed by atoms with Gasteiger partial charge in [-0.05, 0) is 38.0 Å². The van der Waals surface area contributed by atoms with E-state index < -0.39 is 33.4 Å². The fraction of sp³-hybridized carbons (Fsp3) is 0.471. The topological polar surface area (TPSA) is 117 Å². The first-order chi connectivity index (χ1) is 13.1. The van der Waals surface area contributed by atoms with Gasteiger partial charge >= 0.3 is 11.9 Å². The van der Waals surface area contributed by atoms with Crippen LogP contribution in [0.15, 0.2) is 29.5 Å². The van der Waals surface area contributed by atoms with Crippen LogP contribution in [0.1, 0.15) is 25.6 Å². The summed E-state index contributed by atoms with van der Waals surface area (Å²) in [5, 5.41) is 7.67. The predicted molar refractivity (Wildman–Crippen MR) is 98.5 cm³/mol. The molecule has 2 aliphatic carbocycles. The Morgan fingerprint density at radius 2 is 2.04 bits per heavy atom. The summed E-state index contributed by atoms with van der Waals surface area (Å²) in [4.78, 5) is 26.8. The highest BCUT2D eigenvalue weighted by atomic mass is 32.2. The van der Waals surface area contributed by atoms with Crippen molar-refractivity contribution >= 4 is 27.7 Å². The highest BCUT2D eigenvalue weighted by Crippen LogP contribution is 2.36. The molecule has 1 saturated carbocycles. The van der Waals surface area contributed by atoms with Gasteiger partial charge in [0.05, 0.1) is 12.0 Å². The fourth-order valence-electron chi connectivity index (χ4n) is 3.24. The number of allylic oxidation sites excluding steroid dienone is 2. The number of nitrogens with zero attached hydrogens (tertiary/aromatic N) is 5. The highest BCUT2D eigenvalue weighted by Gasteiger charge is 2.48. The fourth-order valence-corrected chi connectivity index (χ4v) is 4.77. The van der Waals surface area contributed by atoms with Crippen molar-refractivity contribution in [3.63, 3.8) is 0 Å². The van der Waals surface area contributed by atoms with Gasteiger partial charge in [0, 0.05) is 12.6 Å². The number of carbonyl (C=O) groups is 2. The maximum Gasteiger partial charge on any atom is 0.501 e. The Morgan fingerprint density at radius 1 is 1.32 bits per heavy atom. The highest BCUT2D eigenvalue weighted by molar-refractivity contribution is 7.93. The van der Waals surface area contributed by atoms with E-state index in [2.05, 4.69) is 14.9 Å². The molecule has 0 radical (unpaired) electrons. The van der Waals surface area contributed by atoms with Gasteiger partial charge in [0.2, 0.25) is 10.0 Å². The maximum atomic E-state index is 13.0. The molecule has 1 aromatic heterocycles. The first-order valence-electron chi connectivity index (χ1n) is 8.84. The molecule has 28 heavy (non-hydrogen) atoms. The van der Waals surface area contributed by atoms with E-state index in [4.69, 9.17) is 0 Å². The Morgan fingerprint density at radius 3 is 2.64 bits per heavy atom. The summed E-state index contributed by atoms with van der Waals surface area (Å²) in [6, 6.07) is -0.493. The normalized spacial score (nSPS) is 23.8. The lowest BCUT2D eigenvalue weighted by molar-refractivity contribution is -0.406. The summed E-state index contributed by atoms with van der Waals surface area (Å²) in [6.45, 7) is 1.80. The Bertz CT molecular complexity index is 1080. The molecule has 1 aromatic rings. The van der Waals surface area contributed by atoms with Crippen LogP contribution >= 0.6 is 0 Å². The molecule has 148 valence electrons. The van der Waals surface area contributed by atoms with Crippen molar-refractivity contribution in [1.29, 1.82) is 0 Å². The van der Waals surface area contributed by atoms with Crippen LogP contribution in [0.4, 0.5) is 4.79 Å². The third kappa shape index (κ3) is 3.10. The number of aryl methyl sites for hydroxylation is 1. The van der Waals surface area contributed by atoms with Crippen molar-refractivity contribution in [3.8, 4) is 0 Å². The maximum absolute atomic E-state index is 13.0. The molecule has 1 atom stereocenters. The largest absolute Gasteiger partial charge is 0.501 e. The average molecular weight is 405 g/mol. The van der Waals surface area contributed by atoms with E-state index in [1.807, 2.05) is 6.92 Å². The van der Waals surface area contributed by atoms with E-state index in [9.17, 15) is 18.0 Å². The smallest absolute Gasteiger partial charge is 0.317 e. The molecule has 1 fully saturated rings. The monoisotopic (exact) mass is 405 g/mol. The van der Waals surface area contributed by atoms with Gasteiger partial charge in [-0.25, -0.2) is 17.9 Å². The Labute approximate surface area is 162 Å². The SMILES string of the molecule is Cn1cnnc1CN1C(=O)C2C=C(S(=O)(=O)NC3(C)CC3)C=CC2=[N+](C)C1=O. The predicted octanol–water partition coefficient (Wildman–Crippen LogP) is -0.0976. The number of fused-ring (bicyclic) bond motifs is 1. The summed E-state index contributed by atoms with van der Waals surface area (Å²) >= 11 is 0. The second-order valence-electron chi connectivity index (χ2n) is 7.60. The average Bonchev–Trinajstić information content (AvgIpc) is 3.22. The van der Waals surface area contributed by atoms with Gasteiger partial charge in [-0.3, -0.25) is 0 Å². The van der Waals surface area contributed by atoms with Crippen LogP contribution in [-0.2, 0) is 28.4 Å². The lowest BCUT2D eigenvalue weighted by atomic mass is 9.94. The second kappa shape index (κ2) is 6.17. The zero-order valence-electron chi connectivity index (χ0n) is 15.8. The molecule has 0 spiro atoms. The summed E-state index contributed by atoms with van der Waals surface area (Å²) in [7, 11) is -0.474. The minimum atomic E-state index is -3.75. The number of amides is 3. The summed E-state index contributed by atoms with van der Waals surface area (Å²) < 4.78 is 31.0. The van der Waals surface area contributed by atoms with Crippen molar-refractivity contribution in [2.24, 2.45) is 13.0 Å². The first kappa shape index (κ1) is 18.7. The van der Waals surface area contributed by atoms with Crippen molar-refractivity contribution < 1.29 is 22.6 Å². The molecule has 0 bridgehead atoms. The van der Waals surface area contributed by atoms with Crippen molar-refractivity contribution in [3.05, 3.63) is 35.3 Å². The number of hydrogen-bond donors (Lipinski definition) is 1. The molecular formula is C17H21N6O4S+. The van der Waals surface area contributed by atoms with Gasteiger partial charge in [0.1, 0.15) is 18.0 Å². The summed E-state index contributed by atoms with van der Waals surface area (Å²) in [5.41, 5.74) is 0.0266. The minimum Gasteiger partial charge on any atom is -0.317 e. The minimum absolute atomic E-state index is 0.0316. The van der Waals surface area contributed by atoms with E-state index in [0.717, 1.165) is 17.7 Å². The van der Waals surface area contributed by atoms with Crippen LogP contribution in [0.25, 0.3) is 0 Å². The van der Waals surface area contributed by atoms with E-state index in [0.29, 0.717) is 11.5 Å². The quantitative estimate of drug-likeness (QED) is 0.684. The zero-order valence-corrected chi connectivity index (χ0v) is 16.6. The van der Waals surface area contributed by atoms with E-state index in [-0.39, 0.29) is 11.4 Å². The number of carbonyl (C=O) groups excluding carboxylic acids is 2. The molecule has 1 unspecified atom stereocenters. The van der Waals surface area contributed by atoms with Gasteiger partial charge < -0.3 is 4.57 Å². The Balaban J connectivity index is 1.67. The van der Waals surface area contributed by atoms with Crippen LogP contribution < -0.4 is 4.72 Å². The third-order valence-electron chi connectivity index (χ3n) is 5.30. The van der Waals surface area contributed by atoms with Crippen LogP contribution in [0.2, 0.25) is 0 Å². The van der Waals surface area contributed by atoms with Gasteiger partial charge in [0.25, 0.3) is 0 Å². The second-order valence-corrected chi connectivity index (χ2v) is 9.28. The molecule has 3 amide bonds. The van der Waals surface area contributed by atoms with Gasteiger partial charge in [0.15, 0.2) is 12.4 Å². The molecule has 10 nitrogen and oxygen atoms in total. The van der Waals surface area contributed by atoms with Crippen molar-refractivity contribution in [2.75, 3.05) is 7.05 Å². The molecule has 11 heteroatoms. The van der Waals surface area contributed by atoms with Crippen LogP contribution in [0, 0.1) is 5.92 Å². The van der Waals surface area contributed by atoms with Crippen molar-refractivity contribution in [2.45, 2.75) is 31.8 Å². The Kier molecular flexibility index (Phi) is 4.12. The summed E-state index contributed by atoms with van der Waals surface area (Å²) in [6.07, 6.45) is 7.39. The van der Waals surface area contributed by atoms with E-state index in [1.54, 1.807) is 18.7 Å². The molecule has 1 aliphatic heterocycles. The van der Waals surface area contributed by atoms with Crippen LogP contribution in [-0.4, -0.2) is 62.9 Å². The number of aromatic nitrogens is 3. The lowest BCUT2D eigenvalue weighted by Gasteiger charge is -2.26. The molecule has 4 rings (SSSR count). The number of sulfonamides is 1. The third-order valence-corrected chi connectivity index (χ3v) is 6.96.